The van der Waals surface area contributed by atoms with Crippen LogP contribution in [0.2, 0.25) is 13.1 Å². The second kappa shape index (κ2) is 8.96. The van der Waals surface area contributed by atoms with Crippen LogP contribution in [0.15, 0.2) is 0 Å². The third-order valence-electron chi connectivity index (χ3n) is 4.10. The van der Waals surface area contributed by atoms with Crippen molar-refractivity contribution in [1.82, 2.24) is 4.90 Å². The van der Waals surface area contributed by atoms with Gasteiger partial charge in [0.05, 0.1) is 0 Å². The van der Waals surface area contributed by atoms with Crippen LogP contribution in [0, 0.1) is 27.7 Å². The fourth-order valence-corrected chi connectivity index (χ4v) is 5.77. The Morgan fingerprint density at radius 2 is 1.35 bits per heavy atom. The van der Waals surface area contributed by atoms with Crippen molar-refractivity contribution in [2.75, 3.05) is 27.2 Å². The average Bonchev–Trinajstić information content (AvgIpc) is 2.42. The first-order valence-electron chi connectivity index (χ1n) is 6.75. The molecule has 0 N–H and O–H groups in total. The quantitative estimate of drug-likeness (QED) is 0.414. The number of rotatable bonds is 5. The molecule has 1 aromatic rings. The molecular formula is C15H28Li2N2Si. The van der Waals surface area contributed by atoms with Gasteiger partial charge in [0, 0.05) is 0 Å². The van der Waals surface area contributed by atoms with Crippen LogP contribution in [0.1, 0.15) is 22.3 Å². The fourth-order valence-electron chi connectivity index (χ4n) is 2.75. The van der Waals surface area contributed by atoms with Crippen molar-refractivity contribution in [2.45, 2.75) is 40.8 Å². The van der Waals surface area contributed by atoms with Crippen molar-refractivity contribution in [3.63, 3.8) is 0 Å². The summed E-state index contributed by atoms with van der Waals surface area (Å²) in [4.78, 5) is 7.24. The van der Waals surface area contributed by atoms with E-state index in [2.05, 4.69) is 59.8 Å². The largest absolute Gasteiger partial charge is 1.00 e. The van der Waals surface area contributed by atoms with E-state index in [1.807, 2.05) is 0 Å². The molecule has 1 aromatic carbocycles. The Bertz CT molecular complexity index is 400. The molecule has 0 fully saturated rings. The van der Waals surface area contributed by atoms with E-state index >= 15 is 0 Å². The molecule has 0 aliphatic heterocycles. The van der Waals surface area contributed by atoms with Crippen molar-refractivity contribution in [1.29, 1.82) is 0 Å². The first kappa shape index (κ1) is 23.0. The zero-order chi connectivity index (χ0) is 14.1. The molecule has 0 bridgehead atoms. The van der Waals surface area contributed by atoms with Crippen LogP contribution < -0.4 is 42.9 Å². The summed E-state index contributed by atoms with van der Waals surface area (Å²) in [5.74, 6) is 0. The summed E-state index contributed by atoms with van der Waals surface area (Å²) >= 11 is 0. The topological polar surface area (TPSA) is 17.3 Å². The molecule has 0 heterocycles. The van der Waals surface area contributed by atoms with E-state index in [0.29, 0.717) is 0 Å². The normalized spacial score (nSPS) is 11.2. The fraction of sp³-hybridized carbons (Fsp3) is 0.667. The first-order valence-corrected chi connectivity index (χ1v) is 9.70. The van der Waals surface area contributed by atoms with Gasteiger partial charge in [-0.3, -0.25) is 0 Å². The molecule has 0 atom stereocenters. The Morgan fingerprint density at radius 1 is 0.950 bits per heavy atom. The maximum Gasteiger partial charge on any atom is 1.00 e. The second-order valence-corrected chi connectivity index (χ2v) is 10.1. The van der Waals surface area contributed by atoms with Gasteiger partial charge in [0.15, 0.2) is 0 Å². The van der Waals surface area contributed by atoms with Crippen molar-refractivity contribution in [3.05, 3.63) is 27.2 Å². The molecular weight excluding hydrogens is 250 g/mol. The predicted molar refractivity (Wildman–Crippen MR) is 84.9 cm³/mol. The van der Waals surface area contributed by atoms with E-state index in [-0.39, 0.29) is 37.7 Å². The third kappa shape index (κ3) is 5.15. The molecule has 0 aromatic heterocycles. The molecule has 20 heavy (non-hydrogen) atoms. The van der Waals surface area contributed by atoms with Gasteiger partial charge in [0.25, 0.3) is 0 Å². The minimum atomic E-state index is -1.65. The molecule has 0 saturated heterocycles. The summed E-state index contributed by atoms with van der Waals surface area (Å²) in [6.45, 7) is 15.8. The number of hydrogen-bond acceptors (Lipinski definition) is 1. The maximum atomic E-state index is 5.04. The van der Waals surface area contributed by atoms with Crippen LogP contribution in [0.5, 0.6) is 0 Å². The van der Waals surface area contributed by atoms with Crippen molar-refractivity contribution in [3.8, 4) is 0 Å². The monoisotopic (exact) mass is 278 g/mol. The zero-order valence-electron chi connectivity index (χ0n) is 15.3. The molecule has 2 nitrogen and oxygen atoms in total. The molecule has 0 spiro atoms. The second-order valence-electron chi connectivity index (χ2n) is 6.12. The van der Waals surface area contributed by atoms with Gasteiger partial charge in [0.2, 0.25) is 0 Å². The molecule has 0 amide bonds. The third-order valence-corrected chi connectivity index (χ3v) is 7.09. The summed E-state index contributed by atoms with van der Waals surface area (Å²) in [5.41, 5.74) is 5.89. The summed E-state index contributed by atoms with van der Waals surface area (Å²) in [6.07, 6.45) is 0. The summed E-state index contributed by atoms with van der Waals surface area (Å²) in [7, 11) is 2.57. The van der Waals surface area contributed by atoms with Gasteiger partial charge in [0.1, 0.15) is 0 Å². The van der Waals surface area contributed by atoms with Crippen molar-refractivity contribution < 1.29 is 37.7 Å². The van der Waals surface area contributed by atoms with E-state index in [1.54, 1.807) is 5.19 Å². The van der Waals surface area contributed by atoms with Crippen LogP contribution in [0.3, 0.4) is 0 Å². The SMILES string of the molecule is Cc1c(C)c(C)[c-]([Si](C)(C)[N-]CCN(C)C)c1C.[Li+].[Li+]. The summed E-state index contributed by atoms with van der Waals surface area (Å²) in [6, 6.07) is 0. The Hall–Kier alpha value is 0.682. The molecule has 5 heteroatoms. The molecule has 1 rings (SSSR count). The van der Waals surface area contributed by atoms with Crippen LogP contribution in [-0.4, -0.2) is 40.3 Å². The van der Waals surface area contributed by atoms with E-state index in [9.17, 15) is 0 Å². The number of nitrogens with zero attached hydrogens (tertiary/aromatic N) is 2. The molecule has 0 aliphatic rings. The summed E-state index contributed by atoms with van der Waals surface area (Å²) in [5, 5.41) is 1.57. The van der Waals surface area contributed by atoms with E-state index in [1.165, 1.54) is 22.3 Å². The maximum absolute atomic E-state index is 5.04. The molecule has 104 valence electrons. The minimum Gasteiger partial charge on any atom is -0.669 e. The number of likely N-dealkylation sites (N-methyl/N-ethyl adjacent to an activating group) is 1. The molecule has 0 unspecified atom stereocenters. The van der Waals surface area contributed by atoms with Crippen molar-refractivity contribution >= 4 is 13.4 Å². The average molecular weight is 278 g/mol. The Morgan fingerprint density at radius 3 is 1.70 bits per heavy atom. The predicted octanol–water partition coefficient (Wildman–Crippen LogP) is -3.01. The first-order chi connectivity index (χ1) is 8.18. The van der Waals surface area contributed by atoms with E-state index in [0.717, 1.165) is 13.1 Å². The van der Waals surface area contributed by atoms with E-state index in [4.69, 9.17) is 4.98 Å². The van der Waals surface area contributed by atoms with Gasteiger partial charge in [-0.1, -0.05) is 49.0 Å². The molecule has 0 radical (unpaired) electrons. The van der Waals surface area contributed by atoms with Crippen molar-refractivity contribution in [2.24, 2.45) is 0 Å². The smallest absolute Gasteiger partial charge is 0.669 e. The molecule has 0 aliphatic carbocycles. The van der Waals surface area contributed by atoms with Gasteiger partial charge in [-0.05, 0) is 20.6 Å². The van der Waals surface area contributed by atoms with Crippen LogP contribution in [0.25, 0.3) is 4.98 Å². The Balaban J connectivity index is 0. The number of hydrogen-bond donors (Lipinski definition) is 0. The van der Waals surface area contributed by atoms with Crippen LogP contribution >= 0.6 is 0 Å². The summed E-state index contributed by atoms with van der Waals surface area (Å²) < 4.78 is 0. The minimum absolute atomic E-state index is 0. The molecule has 0 saturated carbocycles. The van der Waals surface area contributed by atoms with Gasteiger partial charge < -0.3 is 9.88 Å². The zero-order valence-corrected chi connectivity index (χ0v) is 16.3. The Labute approximate surface area is 150 Å². The van der Waals surface area contributed by atoms with E-state index < -0.39 is 8.24 Å². The van der Waals surface area contributed by atoms with Gasteiger partial charge >= 0.3 is 37.7 Å². The van der Waals surface area contributed by atoms with Gasteiger partial charge in [-0.25, -0.2) is 0 Å². The van der Waals surface area contributed by atoms with Gasteiger partial charge in [-0.15, -0.1) is 6.54 Å². The van der Waals surface area contributed by atoms with Crippen LogP contribution in [-0.2, 0) is 0 Å². The standard InChI is InChI=1S/C15H28N2Si.2Li/c1-11-12(2)14(4)15(13(11)3)18(7,8)16-9-10-17(5)6;;/h9-10H2,1-8H3;;/q-2;2*+1. The Kier molecular flexibility index (Phi) is 10.3. The van der Waals surface area contributed by atoms with Gasteiger partial charge in [-0.2, -0.15) is 27.4 Å². The van der Waals surface area contributed by atoms with Crippen LogP contribution in [0.4, 0.5) is 0 Å².